The van der Waals surface area contributed by atoms with Crippen LogP contribution >= 0.6 is 0 Å². The van der Waals surface area contributed by atoms with Crippen molar-refractivity contribution in [1.29, 1.82) is 0 Å². The number of nitrogens with one attached hydrogen (secondary N) is 2. The summed E-state index contributed by atoms with van der Waals surface area (Å²) in [5.74, 6) is 3.54. The maximum Gasteiger partial charge on any atom is 0.246 e. The lowest BCUT2D eigenvalue weighted by Crippen LogP contribution is -2.19. The largest absolute Gasteiger partial charge is 0.493 e. The smallest absolute Gasteiger partial charge is 0.246 e. The van der Waals surface area contributed by atoms with Gasteiger partial charge in [0.15, 0.2) is 34.5 Å². The summed E-state index contributed by atoms with van der Waals surface area (Å²) in [4.78, 5) is 25.3. The number of benzene rings is 3. The van der Waals surface area contributed by atoms with E-state index in [2.05, 4.69) is 35.7 Å². The highest BCUT2D eigenvalue weighted by Crippen LogP contribution is 2.42. The Bertz CT molecular complexity index is 2370. The lowest BCUT2D eigenvalue weighted by Gasteiger charge is -2.13. The van der Waals surface area contributed by atoms with Gasteiger partial charge in [0.2, 0.25) is 23.2 Å². The van der Waals surface area contributed by atoms with Gasteiger partial charge in [-0.2, -0.15) is 0 Å². The second kappa shape index (κ2) is 14.6. The van der Waals surface area contributed by atoms with E-state index < -0.39 is 0 Å². The van der Waals surface area contributed by atoms with Gasteiger partial charge in [0.1, 0.15) is 17.9 Å². The van der Waals surface area contributed by atoms with Gasteiger partial charge in [0, 0.05) is 34.6 Å². The molecule has 0 aliphatic rings. The number of amides is 1. The molecule has 0 saturated carbocycles. The fourth-order valence-electron chi connectivity index (χ4n) is 5.76. The van der Waals surface area contributed by atoms with Gasteiger partial charge in [-0.05, 0) is 48.0 Å². The van der Waals surface area contributed by atoms with Crippen molar-refractivity contribution in [2.45, 2.75) is 6.54 Å². The zero-order valence-corrected chi connectivity index (χ0v) is 29.6. The summed E-state index contributed by atoms with van der Waals surface area (Å²) >= 11 is 0. The number of methoxy groups -OCH3 is 6. The number of rotatable bonds is 13. The fourth-order valence-corrected chi connectivity index (χ4v) is 5.76. The molecule has 0 aliphatic carbocycles. The lowest BCUT2D eigenvalue weighted by atomic mass is 10.1. The van der Waals surface area contributed by atoms with Crippen molar-refractivity contribution in [3.63, 3.8) is 0 Å². The first-order valence-corrected chi connectivity index (χ1v) is 16.1. The number of imidazole rings is 1. The van der Waals surface area contributed by atoms with Crippen molar-refractivity contribution in [1.82, 2.24) is 35.1 Å². The maximum absolute atomic E-state index is 12.9. The lowest BCUT2D eigenvalue weighted by molar-refractivity contribution is -0.116. The van der Waals surface area contributed by atoms with E-state index in [0.717, 1.165) is 11.1 Å². The van der Waals surface area contributed by atoms with Crippen LogP contribution in [0.5, 0.6) is 34.5 Å². The molecule has 4 aromatic heterocycles. The molecule has 2 N–H and O–H groups in total. The predicted octanol–water partition coefficient (Wildman–Crippen LogP) is 5.90. The van der Waals surface area contributed by atoms with Crippen LogP contribution in [0.25, 0.3) is 56.4 Å². The van der Waals surface area contributed by atoms with E-state index in [1.165, 1.54) is 26.0 Å². The number of aromatic amines is 1. The van der Waals surface area contributed by atoms with E-state index in [1.807, 2.05) is 30.3 Å². The summed E-state index contributed by atoms with van der Waals surface area (Å²) < 4.78 is 39.7. The molecule has 0 radical (unpaired) electrons. The van der Waals surface area contributed by atoms with Gasteiger partial charge < -0.3 is 43.2 Å². The van der Waals surface area contributed by atoms with Crippen molar-refractivity contribution in [2.24, 2.45) is 0 Å². The van der Waals surface area contributed by atoms with Gasteiger partial charge in [-0.25, -0.2) is 14.6 Å². The third-order valence-corrected chi connectivity index (χ3v) is 8.35. The Morgan fingerprint density at radius 3 is 1.92 bits per heavy atom. The highest BCUT2D eigenvalue weighted by molar-refractivity contribution is 5.91. The first-order chi connectivity index (χ1) is 25.8. The topological polar surface area (TPSA) is 183 Å². The second-order valence-electron chi connectivity index (χ2n) is 11.5. The van der Waals surface area contributed by atoms with Crippen molar-refractivity contribution < 1.29 is 37.7 Å². The van der Waals surface area contributed by atoms with Crippen LogP contribution in [0.15, 0.2) is 77.6 Å². The van der Waals surface area contributed by atoms with Gasteiger partial charge in [0.05, 0.1) is 54.4 Å². The average molecular weight is 719 g/mol. The Kier molecular flexibility index (Phi) is 9.48. The molecular formula is C37H34N8O8. The number of ether oxygens (including phenoxy) is 6. The summed E-state index contributed by atoms with van der Waals surface area (Å²) in [6.07, 6.45) is 3.41. The molecule has 0 atom stereocenters. The molecule has 16 nitrogen and oxygen atoms in total. The Morgan fingerprint density at radius 1 is 0.736 bits per heavy atom. The molecule has 3 aromatic carbocycles. The molecule has 0 fully saturated rings. The van der Waals surface area contributed by atoms with E-state index >= 15 is 0 Å². The van der Waals surface area contributed by atoms with E-state index in [9.17, 15) is 4.79 Å². The summed E-state index contributed by atoms with van der Waals surface area (Å²) in [7, 11) is 9.26. The Labute approximate surface area is 302 Å². The van der Waals surface area contributed by atoms with Crippen molar-refractivity contribution in [3.05, 3.63) is 73.1 Å². The minimum atomic E-state index is -0.270. The average Bonchev–Trinajstić information content (AvgIpc) is 3.97. The zero-order valence-electron chi connectivity index (χ0n) is 29.6. The minimum absolute atomic E-state index is 0.0446. The summed E-state index contributed by atoms with van der Waals surface area (Å²) in [5.41, 5.74) is 6.09. The van der Waals surface area contributed by atoms with Crippen LogP contribution < -0.4 is 33.7 Å². The number of fused-ring (bicyclic) bond motifs is 1. The van der Waals surface area contributed by atoms with Crippen LogP contribution in [0.2, 0.25) is 0 Å². The molecule has 7 aromatic rings. The minimum Gasteiger partial charge on any atom is -0.493 e. The van der Waals surface area contributed by atoms with E-state index in [0.29, 0.717) is 85.4 Å². The third-order valence-electron chi connectivity index (χ3n) is 8.35. The number of anilines is 1. The SMILES string of the molecule is COc1cc(-c2cn(CC(=O)Nc3ccc(-c4cnc5nc(-c6cc(-c7cc(OC)c(OC)c(OC)c7)no6)[nH]c5c4)cc3)nn2)cc(OC)c1OC. The molecule has 270 valence electrons. The van der Waals surface area contributed by atoms with Crippen LogP contribution in [0.1, 0.15) is 0 Å². The van der Waals surface area contributed by atoms with Gasteiger partial charge >= 0.3 is 0 Å². The van der Waals surface area contributed by atoms with Gasteiger partial charge in [0.25, 0.3) is 0 Å². The summed E-state index contributed by atoms with van der Waals surface area (Å²) in [6.45, 7) is -0.0446. The number of carbonyl (C=O) groups excluding carboxylic acids is 1. The summed E-state index contributed by atoms with van der Waals surface area (Å²) in [5, 5.41) is 15.5. The van der Waals surface area contributed by atoms with E-state index in [4.69, 9.17) is 32.9 Å². The monoisotopic (exact) mass is 718 g/mol. The van der Waals surface area contributed by atoms with E-state index in [1.54, 1.807) is 64.1 Å². The maximum atomic E-state index is 12.9. The molecule has 4 heterocycles. The second-order valence-corrected chi connectivity index (χ2v) is 11.5. The molecule has 16 heteroatoms. The Balaban J connectivity index is 1.02. The number of aromatic nitrogens is 7. The molecule has 7 rings (SSSR count). The van der Waals surface area contributed by atoms with Crippen LogP contribution in [-0.2, 0) is 11.3 Å². The van der Waals surface area contributed by atoms with Crippen LogP contribution in [-0.4, -0.2) is 83.7 Å². The number of nitrogens with zero attached hydrogens (tertiary/aromatic N) is 6. The molecule has 0 unspecified atom stereocenters. The third kappa shape index (κ3) is 6.84. The van der Waals surface area contributed by atoms with Crippen molar-refractivity contribution in [2.75, 3.05) is 48.0 Å². The highest BCUT2D eigenvalue weighted by Gasteiger charge is 2.19. The predicted molar refractivity (Wildman–Crippen MR) is 194 cm³/mol. The Hall–Kier alpha value is -7.10. The number of hydrogen-bond acceptors (Lipinski definition) is 13. The normalized spacial score (nSPS) is 11.0. The molecule has 53 heavy (non-hydrogen) atoms. The van der Waals surface area contributed by atoms with Crippen molar-refractivity contribution in [3.8, 4) is 79.7 Å². The number of pyridine rings is 1. The molecule has 0 bridgehead atoms. The van der Waals surface area contributed by atoms with Gasteiger partial charge in [-0.15, -0.1) is 5.10 Å². The molecule has 0 spiro atoms. The standard InChI is InChI=1S/C37H34N8O8/c1-47-28-12-21(13-29(48-2)34(28)51-5)25-16-32(53-43-25)37-40-26-11-23(17-38-36(26)41-37)20-7-9-24(10-8-20)39-33(46)19-45-18-27(42-44-45)22-14-30(49-3)35(52-6)31(15-22)50-4/h7-18H,19H2,1-6H3,(H,39,46)(H,38,40,41). The van der Waals surface area contributed by atoms with Crippen molar-refractivity contribution >= 4 is 22.8 Å². The molecule has 1 amide bonds. The Morgan fingerprint density at radius 2 is 1.34 bits per heavy atom. The number of H-pyrrole nitrogens is 1. The first-order valence-electron chi connectivity index (χ1n) is 16.1. The van der Waals surface area contributed by atoms with Gasteiger partial charge in [-0.3, -0.25) is 4.79 Å². The quantitative estimate of drug-likeness (QED) is 0.144. The van der Waals surface area contributed by atoms with Crippen LogP contribution in [0, 0.1) is 0 Å². The number of hydrogen-bond donors (Lipinski definition) is 2. The fraction of sp³-hybridized carbons (Fsp3) is 0.189. The molecule has 0 saturated heterocycles. The first kappa shape index (κ1) is 34.4. The molecule has 0 aliphatic heterocycles. The summed E-state index contributed by atoms with van der Waals surface area (Å²) in [6, 6.07) is 18.3. The highest BCUT2D eigenvalue weighted by atomic mass is 16.5. The van der Waals surface area contributed by atoms with Crippen LogP contribution in [0.3, 0.4) is 0 Å². The molecular weight excluding hydrogens is 684 g/mol. The number of carbonyl (C=O) groups is 1. The van der Waals surface area contributed by atoms with E-state index in [-0.39, 0.29) is 12.5 Å². The zero-order chi connectivity index (χ0) is 37.1. The van der Waals surface area contributed by atoms with Crippen LogP contribution in [0.4, 0.5) is 5.69 Å². The van der Waals surface area contributed by atoms with Gasteiger partial charge in [-0.1, -0.05) is 22.5 Å².